The summed E-state index contributed by atoms with van der Waals surface area (Å²) in [5.41, 5.74) is 1.53. The number of benzene rings is 2. The molecule has 1 atom stereocenters. The molecule has 4 nitrogen and oxygen atoms in total. The predicted octanol–water partition coefficient (Wildman–Crippen LogP) is 3.65. The molecule has 0 heterocycles. The highest BCUT2D eigenvalue weighted by atomic mass is 35.5. The number of halogens is 1. The average Bonchev–Trinajstić information content (AvgIpc) is 2.58. The van der Waals surface area contributed by atoms with Gasteiger partial charge in [-0.1, -0.05) is 30.3 Å². The molecule has 2 aromatic carbocycles. The Labute approximate surface area is 139 Å². The van der Waals surface area contributed by atoms with Gasteiger partial charge < -0.3 is 9.47 Å². The third kappa shape index (κ3) is 3.08. The highest BCUT2D eigenvalue weighted by molar-refractivity contribution is 6.38. The molecule has 0 aliphatic heterocycles. The number of carbonyl (C=O) groups is 2. The minimum Gasteiger partial charge on any atom is -0.497 e. The summed E-state index contributed by atoms with van der Waals surface area (Å²) in [5.74, 6) is 0.346. The van der Waals surface area contributed by atoms with E-state index in [1.165, 1.54) is 7.11 Å². The van der Waals surface area contributed by atoms with Gasteiger partial charge in [0.15, 0.2) is 11.6 Å². The van der Waals surface area contributed by atoms with Crippen molar-refractivity contribution in [1.29, 1.82) is 0 Å². The smallest absolute Gasteiger partial charge is 0.182 e. The maximum Gasteiger partial charge on any atom is 0.182 e. The number of fused-ring (bicyclic) bond motifs is 1. The lowest BCUT2D eigenvalue weighted by molar-refractivity contribution is 0.0890. The van der Waals surface area contributed by atoms with Crippen LogP contribution in [-0.2, 0) is 6.61 Å². The van der Waals surface area contributed by atoms with Crippen LogP contribution in [0.15, 0.2) is 42.5 Å². The zero-order valence-electron chi connectivity index (χ0n) is 12.5. The summed E-state index contributed by atoms with van der Waals surface area (Å²) in [7, 11) is 1.50. The minimum atomic E-state index is -0.830. The number of hydrogen-bond acceptors (Lipinski definition) is 4. The molecule has 3 rings (SSSR count). The first kappa shape index (κ1) is 15.6. The Bertz CT molecular complexity index is 755. The molecule has 1 aliphatic rings. The molecule has 1 aliphatic carbocycles. The van der Waals surface area contributed by atoms with E-state index in [9.17, 15) is 9.59 Å². The summed E-state index contributed by atoms with van der Waals surface area (Å²) < 4.78 is 11.0. The lowest BCUT2D eigenvalue weighted by Crippen LogP contribution is -2.28. The number of methoxy groups -OCH3 is 1. The second-order valence-electron chi connectivity index (χ2n) is 5.28. The van der Waals surface area contributed by atoms with Crippen LogP contribution in [0.4, 0.5) is 0 Å². The van der Waals surface area contributed by atoms with E-state index in [0.29, 0.717) is 23.7 Å². The molecule has 0 N–H and O–H groups in total. The van der Waals surface area contributed by atoms with Crippen LogP contribution in [0.25, 0.3) is 0 Å². The van der Waals surface area contributed by atoms with Gasteiger partial charge in [0.25, 0.3) is 0 Å². The summed E-state index contributed by atoms with van der Waals surface area (Å²) in [6.07, 6.45) is -0.0125. The molecule has 118 valence electrons. The molecule has 2 aromatic rings. The van der Waals surface area contributed by atoms with Crippen LogP contribution in [0.1, 0.15) is 32.7 Å². The minimum absolute atomic E-state index is 0.0125. The van der Waals surface area contributed by atoms with Crippen LogP contribution in [0.3, 0.4) is 0 Å². The third-order valence-corrected chi connectivity index (χ3v) is 4.09. The third-order valence-electron chi connectivity index (χ3n) is 3.74. The van der Waals surface area contributed by atoms with E-state index in [-0.39, 0.29) is 23.6 Å². The fourth-order valence-electron chi connectivity index (χ4n) is 2.57. The van der Waals surface area contributed by atoms with Gasteiger partial charge in [0.2, 0.25) is 0 Å². The zero-order chi connectivity index (χ0) is 16.4. The van der Waals surface area contributed by atoms with Gasteiger partial charge in [-0.15, -0.1) is 11.6 Å². The van der Waals surface area contributed by atoms with E-state index < -0.39 is 5.38 Å². The van der Waals surface area contributed by atoms with Gasteiger partial charge in [-0.2, -0.15) is 0 Å². The standard InChI is InChI=1S/C18H15ClO4/c1-22-12-7-13-17(15(20)9-14(19)18(13)21)16(8-12)23-10-11-5-3-2-4-6-11/h2-8,14H,9-10H2,1H3. The summed E-state index contributed by atoms with van der Waals surface area (Å²) in [4.78, 5) is 24.6. The SMILES string of the molecule is COc1cc(OCc2ccccc2)c2c(c1)C(=O)C(Cl)CC2=O. The Morgan fingerprint density at radius 3 is 2.61 bits per heavy atom. The molecule has 0 bridgehead atoms. The first-order chi connectivity index (χ1) is 11.1. The molecule has 0 radical (unpaired) electrons. The fourth-order valence-corrected chi connectivity index (χ4v) is 2.82. The molecule has 0 saturated carbocycles. The van der Waals surface area contributed by atoms with Crippen molar-refractivity contribution in [3.05, 3.63) is 59.2 Å². The van der Waals surface area contributed by atoms with E-state index in [1.54, 1.807) is 12.1 Å². The second-order valence-corrected chi connectivity index (χ2v) is 5.81. The largest absolute Gasteiger partial charge is 0.497 e. The molecular weight excluding hydrogens is 316 g/mol. The Morgan fingerprint density at radius 2 is 1.91 bits per heavy atom. The summed E-state index contributed by atoms with van der Waals surface area (Å²) >= 11 is 5.96. The Kier molecular flexibility index (Phi) is 4.35. The monoisotopic (exact) mass is 330 g/mol. The molecular formula is C18H15ClO4. The predicted molar refractivity (Wildman–Crippen MR) is 86.7 cm³/mol. The quantitative estimate of drug-likeness (QED) is 0.803. The number of alkyl halides is 1. The molecule has 0 spiro atoms. The highest BCUT2D eigenvalue weighted by Gasteiger charge is 2.34. The zero-order valence-corrected chi connectivity index (χ0v) is 13.3. The number of ether oxygens (including phenoxy) is 2. The first-order valence-electron chi connectivity index (χ1n) is 7.20. The van der Waals surface area contributed by atoms with Crippen LogP contribution in [0.2, 0.25) is 0 Å². The van der Waals surface area contributed by atoms with E-state index >= 15 is 0 Å². The van der Waals surface area contributed by atoms with Gasteiger partial charge in [-0.3, -0.25) is 9.59 Å². The van der Waals surface area contributed by atoms with Crippen LogP contribution in [0.5, 0.6) is 11.5 Å². The molecule has 0 fully saturated rings. The normalized spacial score (nSPS) is 16.9. The van der Waals surface area contributed by atoms with Gasteiger partial charge in [0.1, 0.15) is 23.5 Å². The summed E-state index contributed by atoms with van der Waals surface area (Å²) in [5, 5.41) is -0.830. The van der Waals surface area contributed by atoms with Gasteiger partial charge in [-0.25, -0.2) is 0 Å². The van der Waals surface area contributed by atoms with Crippen molar-refractivity contribution < 1.29 is 19.1 Å². The summed E-state index contributed by atoms with van der Waals surface area (Å²) in [6, 6.07) is 12.8. The number of hydrogen-bond donors (Lipinski definition) is 0. The van der Waals surface area contributed by atoms with Crippen LogP contribution in [0, 0.1) is 0 Å². The van der Waals surface area contributed by atoms with E-state index in [0.717, 1.165) is 5.56 Å². The topological polar surface area (TPSA) is 52.6 Å². The van der Waals surface area contributed by atoms with Crippen molar-refractivity contribution >= 4 is 23.2 Å². The van der Waals surface area contributed by atoms with E-state index in [1.807, 2.05) is 30.3 Å². The van der Waals surface area contributed by atoms with Crippen LogP contribution in [-0.4, -0.2) is 24.1 Å². The van der Waals surface area contributed by atoms with Gasteiger partial charge in [0.05, 0.1) is 12.7 Å². The lowest BCUT2D eigenvalue weighted by atomic mass is 9.88. The number of rotatable bonds is 4. The van der Waals surface area contributed by atoms with Crippen molar-refractivity contribution in [2.24, 2.45) is 0 Å². The van der Waals surface area contributed by atoms with Gasteiger partial charge in [-0.05, 0) is 11.6 Å². The van der Waals surface area contributed by atoms with Gasteiger partial charge >= 0.3 is 0 Å². The van der Waals surface area contributed by atoms with Crippen molar-refractivity contribution in [3.63, 3.8) is 0 Å². The lowest BCUT2D eigenvalue weighted by Gasteiger charge is -2.21. The van der Waals surface area contributed by atoms with Crippen molar-refractivity contribution in [2.45, 2.75) is 18.4 Å². The molecule has 0 saturated heterocycles. The second kappa shape index (κ2) is 6.42. The van der Waals surface area contributed by atoms with E-state index in [2.05, 4.69) is 0 Å². The Morgan fingerprint density at radius 1 is 1.17 bits per heavy atom. The number of ketones is 2. The fraction of sp³-hybridized carbons (Fsp3) is 0.222. The van der Waals surface area contributed by atoms with Crippen LogP contribution < -0.4 is 9.47 Å². The van der Waals surface area contributed by atoms with Crippen molar-refractivity contribution in [2.75, 3.05) is 7.11 Å². The highest BCUT2D eigenvalue weighted by Crippen LogP contribution is 2.35. The molecule has 5 heteroatoms. The molecule has 1 unspecified atom stereocenters. The Hall–Kier alpha value is -2.33. The number of carbonyl (C=O) groups excluding carboxylic acids is 2. The van der Waals surface area contributed by atoms with Crippen LogP contribution >= 0.6 is 11.6 Å². The summed E-state index contributed by atoms with van der Waals surface area (Å²) in [6.45, 7) is 0.298. The average molecular weight is 331 g/mol. The first-order valence-corrected chi connectivity index (χ1v) is 7.64. The maximum atomic E-state index is 12.3. The van der Waals surface area contributed by atoms with Gasteiger partial charge in [0, 0.05) is 18.1 Å². The molecule has 0 amide bonds. The molecule has 23 heavy (non-hydrogen) atoms. The van der Waals surface area contributed by atoms with E-state index in [4.69, 9.17) is 21.1 Å². The number of Topliss-reactive ketones (excluding diaryl/α,β-unsaturated/α-hetero) is 2. The van der Waals surface area contributed by atoms with Crippen molar-refractivity contribution in [3.8, 4) is 11.5 Å². The Balaban J connectivity index is 1.99. The molecule has 0 aromatic heterocycles. The van der Waals surface area contributed by atoms with Crippen molar-refractivity contribution in [1.82, 2.24) is 0 Å². The maximum absolute atomic E-state index is 12.3.